The zero-order valence-corrected chi connectivity index (χ0v) is 19.5. The first-order chi connectivity index (χ1) is 16.0. The molecule has 1 saturated heterocycles. The SMILES string of the molecule is CC(C)c1ccccc1Oc1ccc(C2CCN(C(=O)Nc3ncccc3Cl)C2)c(CO)c1. The number of aromatic nitrogens is 1. The van der Waals surface area contributed by atoms with Crippen molar-refractivity contribution < 1.29 is 14.6 Å². The first kappa shape index (κ1) is 23.1. The highest BCUT2D eigenvalue weighted by Crippen LogP contribution is 2.35. The van der Waals surface area contributed by atoms with Crippen molar-refractivity contribution in [2.24, 2.45) is 0 Å². The van der Waals surface area contributed by atoms with Crippen LogP contribution in [0.3, 0.4) is 0 Å². The molecule has 7 heteroatoms. The van der Waals surface area contributed by atoms with Gasteiger partial charge in [-0.15, -0.1) is 0 Å². The third kappa shape index (κ3) is 5.29. The number of likely N-dealkylation sites (tertiary alicyclic amines) is 1. The molecule has 1 fully saturated rings. The molecule has 1 aliphatic heterocycles. The number of benzene rings is 2. The number of carbonyl (C=O) groups excluding carboxylic acids is 1. The molecule has 33 heavy (non-hydrogen) atoms. The molecule has 0 spiro atoms. The molecule has 0 aliphatic carbocycles. The van der Waals surface area contributed by atoms with E-state index in [1.165, 1.54) is 0 Å². The number of nitrogens with one attached hydrogen (secondary N) is 1. The van der Waals surface area contributed by atoms with E-state index in [2.05, 4.69) is 30.2 Å². The van der Waals surface area contributed by atoms with Gasteiger partial charge in [0.15, 0.2) is 5.82 Å². The van der Waals surface area contributed by atoms with Gasteiger partial charge in [-0.2, -0.15) is 0 Å². The lowest BCUT2D eigenvalue weighted by Gasteiger charge is -2.19. The van der Waals surface area contributed by atoms with Crippen LogP contribution in [-0.4, -0.2) is 34.1 Å². The fraction of sp³-hybridized carbons (Fsp3) is 0.308. The van der Waals surface area contributed by atoms with E-state index in [1.54, 1.807) is 23.2 Å². The van der Waals surface area contributed by atoms with Gasteiger partial charge in [0, 0.05) is 25.2 Å². The topological polar surface area (TPSA) is 74.7 Å². The van der Waals surface area contributed by atoms with Crippen LogP contribution in [0.25, 0.3) is 0 Å². The number of carbonyl (C=O) groups is 1. The summed E-state index contributed by atoms with van der Waals surface area (Å²) in [4.78, 5) is 18.6. The van der Waals surface area contributed by atoms with Crippen LogP contribution in [0.5, 0.6) is 11.5 Å². The van der Waals surface area contributed by atoms with Crippen molar-refractivity contribution in [3.05, 3.63) is 82.5 Å². The van der Waals surface area contributed by atoms with Gasteiger partial charge < -0.3 is 14.7 Å². The Morgan fingerprint density at radius 1 is 1.24 bits per heavy atom. The number of amides is 2. The van der Waals surface area contributed by atoms with Gasteiger partial charge in [0.05, 0.1) is 11.6 Å². The molecule has 0 radical (unpaired) electrons. The van der Waals surface area contributed by atoms with E-state index < -0.39 is 0 Å². The maximum atomic E-state index is 12.7. The highest BCUT2D eigenvalue weighted by Gasteiger charge is 2.29. The highest BCUT2D eigenvalue weighted by atomic mass is 35.5. The van der Waals surface area contributed by atoms with Crippen LogP contribution in [-0.2, 0) is 6.61 Å². The lowest BCUT2D eigenvalue weighted by molar-refractivity contribution is 0.222. The molecular formula is C26H28ClN3O3. The molecule has 6 nitrogen and oxygen atoms in total. The van der Waals surface area contributed by atoms with E-state index in [1.807, 2.05) is 36.4 Å². The Labute approximate surface area is 199 Å². The predicted molar refractivity (Wildman–Crippen MR) is 130 cm³/mol. The molecule has 2 amide bonds. The monoisotopic (exact) mass is 465 g/mol. The molecular weight excluding hydrogens is 438 g/mol. The number of aliphatic hydroxyl groups is 1. The molecule has 1 atom stereocenters. The van der Waals surface area contributed by atoms with Crippen LogP contribution in [0, 0.1) is 0 Å². The maximum absolute atomic E-state index is 12.7. The quantitative estimate of drug-likeness (QED) is 0.456. The maximum Gasteiger partial charge on any atom is 0.323 e. The molecule has 2 N–H and O–H groups in total. The molecule has 172 valence electrons. The Bertz CT molecular complexity index is 1140. The number of aliphatic hydroxyl groups excluding tert-OH is 1. The summed E-state index contributed by atoms with van der Waals surface area (Å²) in [6, 6.07) is 17.0. The van der Waals surface area contributed by atoms with Crippen LogP contribution >= 0.6 is 11.6 Å². The lowest BCUT2D eigenvalue weighted by atomic mass is 9.93. The van der Waals surface area contributed by atoms with Gasteiger partial charge in [-0.05, 0) is 59.4 Å². The number of nitrogens with zero attached hydrogens (tertiary/aromatic N) is 2. The number of hydrogen-bond donors (Lipinski definition) is 2. The van der Waals surface area contributed by atoms with E-state index in [0.717, 1.165) is 28.9 Å². The Morgan fingerprint density at radius 2 is 2.06 bits per heavy atom. The van der Waals surface area contributed by atoms with Gasteiger partial charge in [-0.25, -0.2) is 9.78 Å². The summed E-state index contributed by atoms with van der Waals surface area (Å²) in [5, 5.41) is 13.2. The number of hydrogen-bond acceptors (Lipinski definition) is 4. The second-order valence-electron chi connectivity index (χ2n) is 8.51. The van der Waals surface area contributed by atoms with Gasteiger partial charge in [0.25, 0.3) is 0 Å². The lowest BCUT2D eigenvalue weighted by Crippen LogP contribution is -2.33. The molecule has 4 rings (SSSR count). The van der Waals surface area contributed by atoms with Crippen molar-refractivity contribution in [2.45, 2.75) is 38.7 Å². The van der Waals surface area contributed by atoms with Crippen molar-refractivity contribution in [1.82, 2.24) is 9.88 Å². The molecule has 0 bridgehead atoms. The molecule has 1 aliphatic rings. The smallest absolute Gasteiger partial charge is 0.323 e. The summed E-state index contributed by atoms with van der Waals surface area (Å²) < 4.78 is 6.16. The number of anilines is 1. The minimum absolute atomic E-state index is 0.0927. The van der Waals surface area contributed by atoms with E-state index in [0.29, 0.717) is 35.6 Å². The van der Waals surface area contributed by atoms with Crippen LogP contribution in [0.4, 0.5) is 10.6 Å². The Morgan fingerprint density at radius 3 is 2.82 bits per heavy atom. The second kappa shape index (κ2) is 10.2. The van der Waals surface area contributed by atoms with E-state index in [9.17, 15) is 9.90 Å². The van der Waals surface area contributed by atoms with E-state index in [4.69, 9.17) is 16.3 Å². The zero-order chi connectivity index (χ0) is 23.4. The molecule has 2 heterocycles. The Hall–Kier alpha value is -3.09. The van der Waals surface area contributed by atoms with E-state index in [-0.39, 0.29) is 18.6 Å². The third-order valence-electron chi connectivity index (χ3n) is 5.95. The fourth-order valence-electron chi connectivity index (χ4n) is 4.21. The van der Waals surface area contributed by atoms with Crippen molar-refractivity contribution in [2.75, 3.05) is 18.4 Å². The van der Waals surface area contributed by atoms with Gasteiger partial charge >= 0.3 is 6.03 Å². The normalized spacial score (nSPS) is 15.7. The number of rotatable bonds is 6. The van der Waals surface area contributed by atoms with Gasteiger partial charge in [0.2, 0.25) is 0 Å². The molecule has 3 aromatic rings. The summed E-state index contributed by atoms with van der Waals surface area (Å²) >= 11 is 6.10. The summed E-state index contributed by atoms with van der Waals surface area (Å²) in [6.07, 6.45) is 2.40. The van der Waals surface area contributed by atoms with Crippen molar-refractivity contribution >= 4 is 23.4 Å². The van der Waals surface area contributed by atoms with Crippen molar-refractivity contribution in [3.63, 3.8) is 0 Å². The van der Waals surface area contributed by atoms with Gasteiger partial charge in [-0.1, -0.05) is 49.7 Å². The summed E-state index contributed by atoms with van der Waals surface area (Å²) in [7, 11) is 0. The standard InChI is InChI=1S/C26H28ClN3O3/c1-17(2)21-6-3-4-8-24(21)33-20-9-10-22(19(14-20)16-31)18-11-13-30(15-18)26(32)29-25-23(27)7-5-12-28-25/h3-10,12,14,17-18,31H,11,13,15-16H2,1-2H3,(H,28,29,32). The second-order valence-corrected chi connectivity index (χ2v) is 8.92. The van der Waals surface area contributed by atoms with Gasteiger partial charge in [0.1, 0.15) is 11.5 Å². The number of pyridine rings is 1. The largest absolute Gasteiger partial charge is 0.457 e. The molecule has 0 saturated carbocycles. The van der Waals surface area contributed by atoms with Gasteiger partial charge in [-0.3, -0.25) is 5.32 Å². The summed E-state index contributed by atoms with van der Waals surface area (Å²) in [5.41, 5.74) is 2.99. The Balaban J connectivity index is 1.46. The number of halogens is 1. The number of para-hydroxylation sites is 1. The predicted octanol–water partition coefficient (Wildman–Crippen LogP) is 6.16. The van der Waals surface area contributed by atoms with Crippen LogP contribution in [0.1, 0.15) is 48.8 Å². The Kier molecular flexibility index (Phi) is 7.16. The van der Waals surface area contributed by atoms with Crippen molar-refractivity contribution in [3.8, 4) is 11.5 Å². The summed E-state index contributed by atoms with van der Waals surface area (Å²) in [6.45, 7) is 5.35. The summed E-state index contributed by atoms with van der Waals surface area (Å²) in [5.74, 6) is 2.34. The minimum Gasteiger partial charge on any atom is -0.457 e. The zero-order valence-electron chi connectivity index (χ0n) is 18.8. The third-order valence-corrected chi connectivity index (χ3v) is 6.26. The average Bonchev–Trinajstić information content (AvgIpc) is 3.31. The average molecular weight is 466 g/mol. The van der Waals surface area contributed by atoms with Crippen LogP contribution in [0.15, 0.2) is 60.8 Å². The van der Waals surface area contributed by atoms with E-state index >= 15 is 0 Å². The molecule has 1 unspecified atom stereocenters. The minimum atomic E-state index is -0.228. The number of urea groups is 1. The first-order valence-corrected chi connectivity index (χ1v) is 11.5. The highest BCUT2D eigenvalue weighted by molar-refractivity contribution is 6.33. The van der Waals surface area contributed by atoms with Crippen molar-refractivity contribution in [1.29, 1.82) is 0 Å². The van der Waals surface area contributed by atoms with Crippen LogP contribution in [0.2, 0.25) is 5.02 Å². The van der Waals surface area contributed by atoms with Crippen LogP contribution < -0.4 is 10.1 Å². The first-order valence-electron chi connectivity index (χ1n) is 11.1. The molecule has 1 aromatic heterocycles. The number of ether oxygens (including phenoxy) is 1. The molecule has 2 aromatic carbocycles. The fourth-order valence-corrected chi connectivity index (χ4v) is 4.38.